The Morgan fingerprint density at radius 2 is 1.66 bits per heavy atom. The molecule has 2 aromatic carbocycles. The fourth-order valence-electron chi connectivity index (χ4n) is 5.48. The molecule has 1 aromatic heterocycles. The van der Waals surface area contributed by atoms with Gasteiger partial charge in [0, 0.05) is 37.4 Å². The highest BCUT2D eigenvalue weighted by Crippen LogP contribution is 2.41. The van der Waals surface area contributed by atoms with Crippen LogP contribution in [-0.4, -0.2) is 65.5 Å². The number of hydrogen-bond acceptors (Lipinski definition) is 7. The van der Waals surface area contributed by atoms with Gasteiger partial charge >= 0.3 is 0 Å². The summed E-state index contributed by atoms with van der Waals surface area (Å²) in [6, 6.07) is 12.9. The number of nitrogens with zero attached hydrogens (tertiary/aromatic N) is 6. The van der Waals surface area contributed by atoms with Crippen LogP contribution in [0.4, 0.5) is 10.1 Å². The average molecular weight is 481 g/mol. The van der Waals surface area contributed by atoms with Crippen LogP contribution in [0.1, 0.15) is 55.6 Å². The number of anilines is 1. The predicted molar refractivity (Wildman–Crippen MR) is 132 cm³/mol. The van der Waals surface area contributed by atoms with E-state index in [1.165, 1.54) is 31.4 Å². The Morgan fingerprint density at radius 3 is 2.34 bits per heavy atom. The quantitative estimate of drug-likeness (QED) is 0.501. The van der Waals surface area contributed by atoms with E-state index in [1.807, 2.05) is 24.3 Å². The summed E-state index contributed by atoms with van der Waals surface area (Å²) in [5, 5.41) is 13.2. The number of ether oxygens (including phenoxy) is 2. The molecule has 0 N–H and O–H groups in total. The highest BCUT2D eigenvalue weighted by Gasteiger charge is 2.35. The zero-order valence-corrected chi connectivity index (χ0v) is 20.4. The molecule has 8 nitrogen and oxygen atoms in total. The number of rotatable bonds is 7. The van der Waals surface area contributed by atoms with E-state index in [0.29, 0.717) is 17.5 Å². The maximum absolute atomic E-state index is 13.4. The fourth-order valence-corrected chi connectivity index (χ4v) is 5.48. The standard InChI is InChI=1S/C26H33FN6O2/c1-34-23-10-6-9-22(25(23)35-2)24(26-28-29-30-33(26)21-7-4-3-5-8-21)32-17-15-31(16-18-32)20-13-11-19(27)12-14-20/h6,9-14,21,24H,3-5,7-8,15-18H2,1-2H3/t24-/m1/s1. The predicted octanol–water partition coefficient (Wildman–Crippen LogP) is 4.25. The van der Waals surface area contributed by atoms with Gasteiger partial charge < -0.3 is 14.4 Å². The lowest BCUT2D eigenvalue weighted by Crippen LogP contribution is -2.48. The van der Waals surface area contributed by atoms with E-state index in [0.717, 1.165) is 56.1 Å². The molecule has 5 rings (SSSR count). The first kappa shape index (κ1) is 23.5. The summed E-state index contributed by atoms with van der Waals surface area (Å²) in [6.07, 6.45) is 5.87. The van der Waals surface area contributed by atoms with Crippen molar-refractivity contribution in [3.8, 4) is 11.5 Å². The highest BCUT2D eigenvalue weighted by atomic mass is 19.1. The average Bonchev–Trinajstić information content (AvgIpc) is 3.39. The molecule has 3 aromatic rings. The third-order valence-electron chi connectivity index (χ3n) is 7.28. The first-order chi connectivity index (χ1) is 17.2. The van der Waals surface area contributed by atoms with E-state index in [4.69, 9.17) is 9.47 Å². The van der Waals surface area contributed by atoms with Crippen LogP contribution < -0.4 is 14.4 Å². The Bertz CT molecular complexity index is 1110. The van der Waals surface area contributed by atoms with Gasteiger partial charge in [0.25, 0.3) is 0 Å². The molecule has 9 heteroatoms. The number of halogens is 1. The first-order valence-electron chi connectivity index (χ1n) is 12.4. The molecule has 1 saturated heterocycles. The molecule has 1 aliphatic heterocycles. The summed E-state index contributed by atoms with van der Waals surface area (Å²) in [5.74, 6) is 2.03. The second kappa shape index (κ2) is 10.6. The molecular formula is C26H33FN6O2. The lowest BCUT2D eigenvalue weighted by Gasteiger charge is -2.40. The molecule has 1 saturated carbocycles. The monoisotopic (exact) mass is 480 g/mol. The van der Waals surface area contributed by atoms with Gasteiger partial charge in [0.2, 0.25) is 0 Å². The van der Waals surface area contributed by atoms with Gasteiger partial charge in [-0.1, -0.05) is 31.4 Å². The lowest BCUT2D eigenvalue weighted by atomic mass is 9.94. The van der Waals surface area contributed by atoms with E-state index in [-0.39, 0.29) is 11.9 Å². The third kappa shape index (κ3) is 4.82. The minimum absolute atomic E-state index is 0.174. The van der Waals surface area contributed by atoms with Gasteiger partial charge in [0.1, 0.15) is 11.9 Å². The number of para-hydroxylation sites is 1. The van der Waals surface area contributed by atoms with Crippen LogP contribution in [0.25, 0.3) is 0 Å². The van der Waals surface area contributed by atoms with E-state index < -0.39 is 0 Å². The Labute approximate surface area is 205 Å². The van der Waals surface area contributed by atoms with Gasteiger partial charge in [0.15, 0.2) is 17.3 Å². The zero-order chi connectivity index (χ0) is 24.2. The van der Waals surface area contributed by atoms with Crippen LogP contribution in [-0.2, 0) is 0 Å². The van der Waals surface area contributed by atoms with Crippen LogP contribution in [0.3, 0.4) is 0 Å². The molecule has 1 atom stereocenters. The number of tetrazole rings is 1. The molecular weight excluding hydrogens is 447 g/mol. The van der Waals surface area contributed by atoms with Gasteiger partial charge in [-0.25, -0.2) is 9.07 Å². The van der Waals surface area contributed by atoms with Gasteiger partial charge in [0.05, 0.1) is 20.3 Å². The summed E-state index contributed by atoms with van der Waals surface area (Å²) >= 11 is 0. The van der Waals surface area contributed by atoms with E-state index in [1.54, 1.807) is 14.2 Å². The van der Waals surface area contributed by atoms with Crippen LogP contribution in [0, 0.1) is 5.82 Å². The SMILES string of the molecule is COc1cccc([C@H](c2nnnn2C2CCCCC2)N2CCN(c3ccc(F)cc3)CC2)c1OC. The highest BCUT2D eigenvalue weighted by molar-refractivity contribution is 5.50. The summed E-state index contributed by atoms with van der Waals surface area (Å²) in [4.78, 5) is 4.71. The second-order valence-electron chi connectivity index (χ2n) is 9.26. The molecule has 2 fully saturated rings. The molecule has 0 unspecified atom stereocenters. The fraction of sp³-hybridized carbons (Fsp3) is 0.500. The van der Waals surface area contributed by atoms with Crippen LogP contribution in [0.15, 0.2) is 42.5 Å². The van der Waals surface area contributed by atoms with E-state index in [9.17, 15) is 4.39 Å². The maximum Gasteiger partial charge on any atom is 0.173 e. The van der Waals surface area contributed by atoms with Gasteiger partial charge in [-0.2, -0.15) is 0 Å². The summed E-state index contributed by atoms with van der Waals surface area (Å²) < 4.78 is 26.9. The molecule has 2 aliphatic rings. The van der Waals surface area contributed by atoms with Gasteiger partial charge in [-0.3, -0.25) is 4.90 Å². The van der Waals surface area contributed by atoms with Gasteiger partial charge in [-0.15, -0.1) is 5.10 Å². The number of methoxy groups -OCH3 is 2. The molecule has 2 heterocycles. The summed E-state index contributed by atoms with van der Waals surface area (Å²) in [6.45, 7) is 3.25. The number of hydrogen-bond donors (Lipinski definition) is 0. The number of aromatic nitrogens is 4. The molecule has 0 bridgehead atoms. The third-order valence-corrected chi connectivity index (χ3v) is 7.28. The van der Waals surface area contributed by atoms with Crippen molar-refractivity contribution in [2.75, 3.05) is 45.3 Å². The van der Waals surface area contributed by atoms with Crippen LogP contribution in [0.2, 0.25) is 0 Å². The minimum atomic E-state index is -0.216. The van der Waals surface area contributed by atoms with Crippen molar-refractivity contribution in [1.82, 2.24) is 25.1 Å². The van der Waals surface area contributed by atoms with Crippen LogP contribution >= 0.6 is 0 Å². The molecule has 186 valence electrons. The molecule has 0 spiro atoms. The van der Waals surface area contributed by atoms with Crippen molar-refractivity contribution in [2.24, 2.45) is 0 Å². The van der Waals surface area contributed by atoms with E-state index >= 15 is 0 Å². The van der Waals surface area contributed by atoms with Crippen LogP contribution in [0.5, 0.6) is 11.5 Å². The molecule has 0 radical (unpaired) electrons. The van der Waals surface area contributed by atoms with Crippen molar-refractivity contribution in [3.05, 3.63) is 59.7 Å². The number of benzene rings is 2. The summed E-state index contributed by atoms with van der Waals surface area (Å²) in [7, 11) is 3.33. The topological polar surface area (TPSA) is 68.5 Å². The molecule has 0 amide bonds. The van der Waals surface area contributed by atoms with Gasteiger partial charge in [-0.05, 0) is 53.6 Å². The van der Waals surface area contributed by atoms with Crippen molar-refractivity contribution < 1.29 is 13.9 Å². The molecule has 1 aliphatic carbocycles. The molecule has 35 heavy (non-hydrogen) atoms. The number of piperazine rings is 1. The van der Waals surface area contributed by atoms with Crippen molar-refractivity contribution in [3.63, 3.8) is 0 Å². The normalized spacial score (nSPS) is 18.4. The Balaban J connectivity index is 1.49. The van der Waals surface area contributed by atoms with Crippen molar-refractivity contribution in [2.45, 2.75) is 44.2 Å². The Hall–Kier alpha value is -3.20. The van der Waals surface area contributed by atoms with E-state index in [2.05, 4.69) is 36.1 Å². The smallest absolute Gasteiger partial charge is 0.173 e. The zero-order valence-electron chi connectivity index (χ0n) is 20.4. The largest absolute Gasteiger partial charge is 0.493 e. The minimum Gasteiger partial charge on any atom is -0.493 e. The first-order valence-corrected chi connectivity index (χ1v) is 12.4. The Kier molecular flexibility index (Phi) is 7.13. The van der Waals surface area contributed by atoms with Crippen molar-refractivity contribution >= 4 is 5.69 Å². The Morgan fingerprint density at radius 1 is 0.914 bits per heavy atom. The van der Waals surface area contributed by atoms with Crippen molar-refractivity contribution in [1.29, 1.82) is 0 Å². The second-order valence-corrected chi connectivity index (χ2v) is 9.26. The maximum atomic E-state index is 13.4. The lowest BCUT2D eigenvalue weighted by molar-refractivity contribution is 0.190. The summed E-state index contributed by atoms with van der Waals surface area (Å²) in [5.41, 5.74) is 2.03.